The Labute approximate surface area is 197 Å². The molecular weight excluding hydrogens is 501 g/mol. The first-order chi connectivity index (χ1) is 15.9. The van der Waals surface area contributed by atoms with Crippen LogP contribution in [0.2, 0.25) is 0 Å². The standard InChI is InChI=1S/C20H19F3N2O7S2/c1-3-31-15-8-11(4-5-14(15)32-20(21,22)23)13(6-7-34(29)30)25-18(27)12-9-33-17(24-10(2)26)16(12)19(25)28/h4-5,8-9,13,34H,3,6-7H2,1-2H3,(H,24,26)/t13-/m1/s1. The van der Waals surface area contributed by atoms with Crippen molar-refractivity contribution in [1.82, 2.24) is 4.90 Å². The number of hydrogen-bond acceptors (Lipinski definition) is 8. The summed E-state index contributed by atoms with van der Waals surface area (Å²) in [5, 5.41) is 4.05. The number of benzene rings is 1. The van der Waals surface area contributed by atoms with Crippen molar-refractivity contribution in [2.75, 3.05) is 17.7 Å². The van der Waals surface area contributed by atoms with E-state index >= 15 is 0 Å². The lowest BCUT2D eigenvalue weighted by Crippen LogP contribution is -2.35. The average molecular weight is 521 g/mol. The Balaban J connectivity index is 2.05. The SMILES string of the molecule is CCOc1cc([C@@H](CC[SH](=O)=O)N2C(=O)c3csc(NC(C)=O)c3C2=O)ccc1OC(F)(F)F. The van der Waals surface area contributed by atoms with Crippen LogP contribution in [0, 0.1) is 0 Å². The molecule has 0 saturated heterocycles. The van der Waals surface area contributed by atoms with E-state index in [4.69, 9.17) is 4.74 Å². The maximum atomic E-state index is 13.2. The number of carbonyl (C=O) groups is 3. The minimum absolute atomic E-state index is 0.00654. The Bertz CT molecular complexity index is 1200. The minimum Gasteiger partial charge on any atom is -0.490 e. The number of nitrogens with zero attached hydrogens (tertiary/aromatic N) is 1. The highest BCUT2D eigenvalue weighted by Gasteiger charge is 2.43. The van der Waals surface area contributed by atoms with E-state index in [1.54, 1.807) is 6.92 Å². The van der Waals surface area contributed by atoms with Crippen molar-refractivity contribution in [3.05, 3.63) is 40.3 Å². The molecule has 1 aliphatic heterocycles. The van der Waals surface area contributed by atoms with E-state index in [9.17, 15) is 36.0 Å². The highest BCUT2D eigenvalue weighted by atomic mass is 32.2. The summed E-state index contributed by atoms with van der Waals surface area (Å²) >= 11 is 0.992. The predicted octanol–water partition coefficient (Wildman–Crippen LogP) is 3.34. The van der Waals surface area contributed by atoms with Gasteiger partial charge in [-0.05, 0) is 31.0 Å². The van der Waals surface area contributed by atoms with Crippen LogP contribution in [0.3, 0.4) is 0 Å². The average Bonchev–Trinajstić information content (AvgIpc) is 3.23. The van der Waals surface area contributed by atoms with Crippen LogP contribution in [0.4, 0.5) is 18.2 Å². The number of rotatable bonds is 9. The van der Waals surface area contributed by atoms with Gasteiger partial charge in [-0.3, -0.25) is 19.3 Å². The van der Waals surface area contributed by atoms with Gasteiger partial charge in [0.05, 0.1) is 23.8 Å². The molecule has 2 aromatic rings. The summed E-state index contributed by atoms with van der Waals surface area (Å²) in [6.07, 6.45) is -5.19. The van der Waals surface area contributed by atoms with Crippen molar-refractivity contribution in [2.45, 2.75) is 32.7 Å². The van der Waals surface area contributed by atoms with E-state index in [0.29, 0.717) is 0 Å². The van der Waals surface area contributed by atoms with Crippen LogP contribution in [-0.4, -0.2) is 49.8 Å². The topological polar surface area (TPSA) is 119 Å². The molecule has 0 aliphatic carbocycles. The van der Waals surface area contributed by atoms with Crippen LogP contribution in [0.25, 0.3) is 0 Å². The van der Waals surface area contributed by atoms with Gasteiger partial charge in [0.2, 0.25) is 5.91 Å². The van der Waals surface area contributed by atoms with Gasteiger partial charge in [-0.15, -0.1) is 24.5 Å². The molecule has 2 heterocycles. The normalized spacial score (nSPS) is 14.4. The molecule has 1 aliphatic rings. The molecule has 0 spiro atoms. The number of fused-ring (bicyclic) bond motifs is 1. The third kappa shape index (κ3) is 5.50. The van der Waals surface area contributed by atoms with Gasteiger partial charge in [-0.1, -0.05) is 6.07 Å². The van der Waals surface area contributed by atoms with Gasteiger partial charge in [0, 0.05) is 18.1 Å². The summed E-state index contributed by atoms with van der Waals surface area (Å²) in [4.78, 5) is 38.6. The monoisotopic (exact) mass is 520 g/mol. The number of carbonyl (C=O) groups excluding carboxylic acids is 3. The van der Waals surface area contributed by atoms with Crippen molar-refractivity contribution in [1.29, 1.82) is 0 Å². The Morgan fingerprint density at radius 2 is 1.91 bits per heavy atom. The molecule has 34 heavy (non-hydrogen) atoms. The molecule has 0 bridgehead atoms. The first-order valence-corrected chi connectivity index (χ1v) is 12.1. The van der Waals surface area contributed by atoms with Crippen LogP contribution in [-0.2, 0) is 15.5 Å². The smallest absolute Gasteiger partial charge is 0.490 e. The van der Waals surface area contributed by atoms with Crippen LogP contribution in [0.1, 0.15) is 52.6 Å². The maximum absolute atomic E-state index is 13.2. The number of nitrogens with one attached hydrogen (secondary N) is 1. The molecule has 0 radical (unpaired) electrons. The van der Waals surface area contributed by atoms with E-state index in [0.717, 1.165) is 22.3 Å². The summed E-state index contributed by atoms with van der Waals surface area (Å²) in [6.45, 7) is 2.77. The second kappa shape index (κ2) is 10.0. The summed E-state index contributed by atoms with van der Waals surface area (Å²) in [6, 6.07) is 2.22. The van der Waals surface area contributed by atoms with E-state index in [1.807, 2.05) is 0 Å². The summed E-state index contributed by atoms with van der Waals surface area (Å²) < 4.78 is 70.0. The number of hydrogen-bond donors (Lipinski definition) is 2. The number of alkyl halides is 3. The molecule has 1 aromatic carbocycles. The first-order valence-electron chi connectivity index (χ1n) is 9.84. The maximum Gasteiger partial charge on any atom is 0.573 e. The molecule has 9 nitrogen and oxygen atoms in total. The van der Waals surface area contributed by atoms with E-state index < -0.39 is 52.3 Å². The molecule has 14 heteroatoms. The molecule has 184 valence electrons. The number of anilines is 1. The quantitative estimate of drug-likeness (QED) is 0.385. The number of thiol groups is 1. The van der Waals surface area contributed by atoms with Gasteiger partial charge in [0.25, 0.3) is 11.8 Å². The molecule has 1 atom stereocenters. The zero-order chi connectivity index (χ0) is 25.2. The fraction of sp³-hybridized carbons (Fsp3) is 0.350. The van der Waals surface area contributed by atoms with Gasteiger partial charge in [-0.2, -0.15) is 0 Å². The third-order valence-electron chi connectivity index (χ3n) is 4.74. The van der Waals surface area contributed by atoms with E-state index in [2.05, 4.69) is 10.1 Å². The number of thiophene rings is 1. The van der Waals surface area contributed by atoms with Gasteiger partial charge in [-0.25, -0.2) is 8.42 Å². The first kappa shape index (κ1) is 25.5. The van der Waals surface area contributed by atoms with Gasteiger partial charge >= 0.3 is 6.36 Å². The molecule has 0 saturated carbocycles. The van der Waals surface area contributed by atoms with Crippen LogP contribution < -0.4 is 14.8 Å². The number of amides is 3. The van der Waals surface area contributed by atoms with Crippen molar-refractivity contribution in [3.8, 4) is 11.5 Å². The highest BCUT2D eigenvalue weighted by molar-refractivity contribution is 7.72. The zero-order valence-electron chi connectivity index (χ0n) is 17.8. The molecular formula is C20H19F3N2O7S2. The molecule has 1 N–H and O–H groups in total. The largest absolute Gasteiger partial charge is 0.573 e. The number of halogens is 3. The van der Waals surface area contributed by atoms with Gasteiger partial charge in [0.1, 0.15) is 15.7 Å². The Hall–Kier alpha value is -3.13. The van der Waals surface area contributed by atoms with E-state index in [1.165, 1.54) is 24.4 Å². The number of imide groups is 1. The Morgan fingerprint density at radius 1 is 1.21 bits per heavy atom. The van der Waals surface area contributed by atoms with Gasteiger partial charge < -0.3 is 14.8 Å². The minimum atomic E-state index is -4.98. The van der Waals surface area contributed by atoms with Crippen LogP contribution in [0.5, 0.6) is 11.5 Å². The molecule has 0 fully saturated rings. The fourth-order valence-electron chi connectivity index (χ4n) is 3.49. The van der Waals surface area contributed by atoms with Crippen molar-refractivity contribution in [2.24, 2.45) is 0 Å². The molecule has 0 unspecified atom stereocenters. The van der Waals surface area contributed by atoms with Crippen molar-refractivity contribution < 1.29 is 45.4 Å². The van der Waals surface area contributed by atoms with Crippen molar-refractivity contribution in [3.63, 3.8) is 0 Å². The lowest BCUT2D eigenvalue weighted by Gasteiger charge is -2.27. The summed E-state index contributed by atoms with van der Waals surface area (Å²) in [5.41, 5.74) is 0.188. The predicted molar refractivity (Wildman–Crippen MR) is 116 cm³/mol. The van der Waals surface area contributed by atoms with Crippen LogP contribution in [0.15, 0.2) is 23.6 Å². The van der Waals surface area contributed by atoms with E-state index in [-0.39, 0.29) is 40.5 Å². The number of ether oxygens (including phenoxy) is 2. The summed E-state index contributed by atoms with van der Waals surface area (Å²) in [7, 11) is -2.88. The molecule has 1 aromatic heterocycles. The van der Waals surface area contributed by atoms with Gasteiger partial charge in [0.15, 0.2) is 11.5 Å². The highest BCUT2D eigenvalue weighted by Crippen LogP contribution is 2.42. The Kier molecular flexibility index (Phi) is 7.51. The molecule has 3 rings (SSSR count). The zero-order valence-corrected chi connectivity index (χ0v) is 19.5. The second-order valence-corrected chi connectivity index (χ2v) is 9.06. The van der Waals surface area contributed by atoms with Crippen molar-refractivity contribution >= 4 is 44.8 Å². The second-order valence-electron chi connectivity index (χ2n) is 7.06. The third-order valence-corrected chi connectivity index (χ3v) is 6.26. The lowest BCUT2D eigenvalue weighted by molar-refractivity contribution is -0.275. The lowest BCUT2D eigenvalue weighted by atomic mass is 10.0. The van der Waals surface area contributed by atoms with Crippen LogP contribution >= 0.6 is 11.3 Å². The fourth-order valence-corrected chi connectivity index (χ4v) is 4.91. The summed E-state index contributed by atoms with van der Waals surface area (Å²) in [5.74, 6) is -3.24. The molecule has 3 amide bonds. The Morgan fingerprint density at radius 3 is 2.50 bits per heavy atom.